The van der Waals surface area contributed by atoms with E-state index < -0.39 is 29.6 Å². The van der Waals surface area contributed by atoms with Crippen molar-refractivity contribution in [1.82, 2.24) is 9.69 Å². The van der Waals surface area contributed by atoms with Crippen molar-refractivity contribution in [2.24, 2.45) is 5.73 Å². The number of rotatable bonds is 8. The SMILES string of the molecule is CN(C)c1ccc(C(C(=O)NC2CCCC2)N(C(=O)c2snc(C(N)=O)c2N)c2ccccc2F)cc1. The van der Waals surface area contributed by atoms with Crippen molar-refractivity contribution in [3.63, 3.8) is 0 Å². The number of nitrogens with two attached hydrogens (primary N) is 2. The number of halogens is 1. The molecule has 1 unspecified atom stereocenters. The van der Waals surface area contributed by atoms with Gasteiger partial charge in [0.15, 0.2) is 5.69 Å². The summed E-state index contributed by atoms with van der Waals surface area (Å²) < 4.78 is 19.1. The van der Waals surface area contributed by atoms with Crippen LogP contribution >= 0.6 is 11.5 Å². The van der Waals surface area contributed by atoms with Crippen LogP contribution in [0.4, 0.5) is 21.5 Å². The fraction of sp³-hybridized carbons (Fsp3) is 0.308. The molecule has 37 heavy (non-hydrogen) atoms. The number of aromatic nitrogens is 1. The van der Waals surface area contributed by atoms with Crippen molar-refractivity contribution >= 4 is 46.3 Å². The monoisotopic (exact) mass is 524 g/mol. The summed E-state index contributed by atoms with van der Waals surface area (Å²) in [5.41, 5.74) is 12.2. The normalized spacial score (nSPS) is 14.2. The van der Waals surface area contributed by atoms with Gasteiger partial charge in [0, 0.05) is 25.8 Å². The molecule has 0 saturated heterocycles. The zero-order valence-corrected chi connectivity index (χ0v) is 21.4. The first-order chi connectivity index (χ1) is 17.7. The molecule has 0 aliphatic heterocycles. The zero-order valence-electron chi connectivity index (χ0n) is 20.6. The fourth-order valence-electron chi connectivity index (χ4n) is 4.47. The Morgan fingerprint density at radius 1 is 1.08 bits per heavy atom. The summed E-state index contributed by atoms with van der Waals surface area (Å²) in [6.45, 7) is 0. The molecule has 5 N–H and O–H groups in total. The standard InChI is InChI=1S/C26H29FN6O3S/c1-32(2)17-13-11-15(12-14-17)22(25(35)30-16-7-3-4-8-16)33(19-10-6-5-9-18(19)27)26(36)23-20(28)21(24(29)34)31-37-23/h5-6,9-14,16,22H,3-4,7-8,28H2,1-2H3,(H2,29,34)(H,30,35). The second-order valence-electron chi connectivity index (χ2n) is 9.14. The lowest BCUT2D eigenvalue weighted by Crippen LogP contribution is -2.46. The predicted octanol–water partition coefficient (Wildman–Crippen LogP) is 3.48. The second-order valence-corrected chi connectivity index (χ2v) is 9.92. The molecule has 1 atom stereocenters. The van der Waals surface area contributed by atoms with E-state index in [2.05, 4.69) is 9.69 Å². The molecule has 1 heterocycles. The number of nitrogens with one attached hydrogen (secondary N) is 1. The van der Waals surface area contributed by atoms with Crippen LogP contribution in [-0.4, -0.2) is 42.2 Å². The summed E-state index contributed by atoms with van der Waals surface area (Å²) in [6.07, 6.45) is 3.65. The molecule has 3 amide bonds. The Labute approximate surface area is 218 Å². The Morgan fingerprint density at radius 3 is 2.30 bits per heavy atom. The first kappa shape index (κ1) is 26.1. The maximum Gasteiger partial charge on any atom is 0.273 e. The van der Waals surface area contributed by atoms with Gasteiger partial charge in [0.25, 0.3) is 11.8 Å². The molecule has 1 aliphatic rings. The van der Waals surface area contributed by atoms with Crippen LogP contribution in [0.15, 0.2) is 48.5 Å². The minimum Gasteiger partial charge on any atom is -0.395 e. The fourth-order valence-corrected chi connectivity index (χ4v) is 5.22. The zero-order chi connectivity index (χ0) is 26.7. The van der Waals surface area contributed by atoms with Crippen LogP contribution < -0.4 is 26.6 Å². The third-order valence-corrected chi connectivity index (χ3v) is 7.27. The lowest BCUT2D eigenvalue weighted by Gasteiger charge is -2.32. The smallest absolute Gasteiger partial charge is 0.273 e. The van der Waals surface area contributed by atoms with Gasteiger partial charge in [-0.2, -0.15) is 4.37 Å². The molecule has 0 radical (unpaired) electrons. The first-order valence-corrected chi connectivity index (χ1v) is 12.7. The number of primary amides is 1. The molecular weight excluding hydrogens is 495 g/mol. The summed E-state index contributed by atoms with van der Waals surface area (Å²) in [5.74, 6) is -2.80. The van der Waals surface area contributed by atoms with Crippen molar-refractivity contribution in [3.05, 3.63) is 70.5 Å². The molecule has 1 aromatic heterocycles. The summed E-state index contributed by atoms with van der Waals surface area (Å²) in [5, 5.41) is 3.05. The summed E-state index contributed by atoms with van der Waals surface area (Å²) in [7, 11) is 3.77. The lowest BCUT2D eigenvalue weighted by molar-refractivity contribution is -0.123. The van der Waals surface area contributed by atoms with E-state index in [9.17, 15) is 14.4 Å². The molecule has 0 spiro atoms. The highest BCUT2D eigenvalue weighted by Gasteiger charge is 2.38. The molecule has 1 aliphatic carbocycles. The number of hydrogen-bond donors (Lipinski definition) is 3. The Morgan fingerprint density at radius 2 is 1.73 bits per heavy atom. The van der Waals surface area contributed by atoms with Crippen molar-refractivity contribution in [3.8, 4) is 0 Å². The molecule has 1 fully saturated rings. The lowest BCUT2D eigenvalue weighted by atomic mass is 10.0. The summed E-state index contributed by atoms with van der Waals surface area (Å²) in [6, 6.07) is 11.6. The summed E-state index contributed by atoms with van der Waals surface area (Å²) in [4.78, 5) is 42.4. The first-order valence-electron chi connectivity index (χ1n) is 11.9. The molecule has 194 valence electrons. The number of hydrogen-bond acceptors (Lipinski definition) is 7. The highest BCUT2D eigenvalue weighted by atomic mass is 32.1. The number of anilines is 3. The van der Waals surface area contributed by atoms with Crippen molar-refractivity contribution in [1.29, 1.82) is 0 Å². The highest BCUT2D eigenvalue weighted by Crippen LogP contribution is 2.35. The maximum atomic E-state index is 15.2. The molecule has 4 rings (SSSR count). The van der Waals surface area contributed by atoms with E-state index in [1.165, 1.54) is 18.2 Å². The molecule has 3 aromatic rings. The van der Waals surface area contributed by atoms with Crippen LogP contribution in [0.5, 0.6) is 0 Å². The molecule has 9 nitrogen and oxygen atoms in total. The quantitative estimate of drug-likeness (QED) is 0.413. The second kappa shape index (κ2) is 11.0. The van der Waals surface area contributed by atoms with Crippen LogP contribution in [0.2, 0.25) is 0 Å². The third-order valence-electron chi connectivity index (χ3n) is 6.42. The number of benzene rings is 2. The number of nitrogen functional groups attached to an aromatic ring is 1. The molecule has 11 heteroatoms. The molecule has 2 aromatic carbocycles. The van der Waals surface area contributed by atoms with Crippen LogP contribution in [0, 0.1) is 5.82 Å². The highest BCUT2D eigenvalue weighted by molar-refractivity contribution is 7.09. The van der Waals surface area contributed by atoms with Gasteiger partial charge in [-0.15, -0.1) is 0 Å². The number of nitrogens with zero attached hydrogens (tertiary/aromatic N) is 3. The van der Waals surface area contributed by atoms with E-state index in [1.54, 1.807) is 18.2 Å². The van der Waals surface area contributed by atoms with Gasteiger partial charge < -0.3 is 21.7 Å². The van der Waals surface area contributed by atoms with E-state index in [0.717, 1.165) is 36.3 Å². The van der Waals surface area contributed by atoms with Crippen LogP contribution in [-0.2, 0) is 4.79 Å². The van der Waals surface area contributed by atoms with Crippen LogP contribution in [0.3, 0.4) is 0 Å². The predicted molar refractivity (Wildman–Crippen MR) is 142 cm³/mol. The average Bonchev–Trinajstić information content (AvgIpc) is 3.52. The van der Waals surface area contributed by atoms with Gasteiger partial charge in [-0.05, 0) is 54.2 Å². The number of carbonyl (C=O) groups excluding carboxylic acids is 3. The van der Waals surface area contributed by atoms with E-state index in [1.807, 2.05) is 31.1 Å². The Hall–Kier alpha value is -3.99. The van der Waals surface area contributed by atoms with Crippen molar-refractivity contribution in [2.75, 3.05) is 29.6 Å². The van der Waals surface area contributed by atoms with Crippen molar-refractivity contribution < 1.29 is 18.8 Å². The molecule has 1 saturated carbocycles. The van der Waals surface area contributed by atoms with Gasteiger partial charge >= 0.3 is 0 Å². The van der Waals surface area contributed by atoms with E-state index >= 15 is 4.39 Å². The minimum atomic E-state index is -1.22. The third kappa shape index (κ3) is 5.41. The topological polar surface area (TPSA) is 135 Å². The van der Waals surface area contributed by atoms with E-state index in [0.29, 0.717) is 17.1 Å². The number of para-hydroxylation sites is 1. The van der Waals surface area contributed by atoms with Gasteiger partial charge in [0.05, 0.1) is 11.4 Å². The Kier molecular flexibility index (Phi) is 7.72. The average molecular weight is 525 g/mol. The van der Waals surface area contributed by atoms with Crippen LogP contribution in [0.1, 0.15) is 57.4 Å². The van der Waals surface area contributed by atoms with E-state index in [4.69, 9.17) is 11.5 Å². The maximum absolute atomic E-state index is 15.2. The van der Waals surface area contributed by atoms with Gasteiger partial charge in [-0.25, -0.2) is 4.39 Å². The van der Waals surface area contributed by atoms with E-state index in [-0.39, 0.29) is 28.0 Å². The molecular formula is C26H29FN6O3S. The minimum absolute atomic E-state index is 0.0384. The van der Waals surface area contributed by atoms with Gasteiger partial charge in [-0.1, -0.05) is 37.1 Å². The van der Waals surface area contributed by atoms with Gasteiger partial charge in [0.1, 0.15) is 16.7 Å². The van der Waals surface area contributed by atoms with Gasteiger partial charge in [0.2, 0.25) is 5.91 Å². The molecule has 0 bridgehead atoms. The number of carbonyl (C=O) groups is 3. The van der Waals surface area contributed by atoms with Crippen LogP contribution in [0.25, 0.3) is 0 Å². The summed E-state index contributed by atoms with van der Waals surface area (Å²) >= 11 is 0.677. The van der Waals surface area contributed by atoms with Crippen molar-refractivity contribution in [2.45, 2.75) is 37.8 Å². The largest absolute Gasteiger partial charge is 0.395 e. The Bertz CT molecular complexity index is 1300. The number of amides is 3. The van der Waals surface area contributed by atoms with Gasteiger partial charge in [-0.3, -0.25) is 19.3 Å². The Balaban J connectivity index is 1.87.